The van der Waals surface area contributed by atoms with Gasteiger partial charge in [0.05, 0.1) is 18.0 Å². The molecular weight excluding hydrogens is 461 g/mol. The Hall–Kier alpha value is -3.42. The van der Waals surface area contributed by atoms with Gasteiger partial charge in [0.25, 0.3) is 5.91 Å². The molecule has 1 N–H and O–H groups in total. The first-order valence-electron chi connectivity index (χ1n) is 11.9. The molecule has 180 valence electrons. The van der Waals surface area contributed by atoms with Crippen molar-refractivity contribution in [2.45, 2.75) is 19.4 Å². The molecule has 1 atom stereocenters. The minimum absolute atomic E-state index is 0.0255. The zero-order valence-electron chi connectivity index (χ0n) is 19.6. The van der Waals surface area contributed by atoms with Crippen molar-refractivity contribution in [1.29, 1.82) is 0 Å². The summed E-state index contributed by atoms with van der Waals surface area (Å²) in [6.07, 6.45) is 2.39. The van der Waals surface area contributed by atoms with Crippen molar-refractivity contribution >= 4 is 27.9 Å². The Morgan fingerprint density at radius 1 is 1.03 bits per heavy atom. The second-order valence-corrected chi connectivity index (χ2v) is 9.71. The van der Waals surface area contributed by atoms with Gasteiger partial charge in [0.1, 0.15) is 10.8 Å². The van der Waals surface area contributed by atoms with E-state index in [4.69, 9.17) is 4.42 Å². The highest BCUT2D eigenvalue weighted by Crippen LogP contribution is 2.40. The fourth-order valence-corrected chi connectivity index (χ4v) is 5.68. The number of nitrogens with one attached hydrogen (secondary N) is 1. The second kappa shape index (κ2) is 10.5. The van der Waals surface area contributed by atoms with E-state index in [-0.39, 0.29) is 23.5 Å². The van der Waals surface area contributed by atoms with Gasteiger partial charge in [-0.2, -0.15) is 0 Å². The standard InChI is InChI=1S/C28H28FN3O2S/c1-2-21-19-22(28(35-21)30-27(33)25-13-8-18-34-25)26(20-9-4-3-5-10-20)32-16-14-31(15-17-32)24-12-7-6-11-23(24)29/h3-13,18-19,26H,2,14-17H2,1H3,(H,30,33)/t26-/m1/s1. The van der Waals surface area contributed by atoms with Gasteiger partial charge in [-0.25, -0.2) is 4.39 Å². The molecular formula is C28H28FN3O2S. The number of hydrogen-bond acceptors (Lipinski definition) is 5. The Morgan fingerprint density at radius 3 is 2.46 bits per heavy atom. The molecule has 1 fully saturated rings. The van der Waals surface area contributed by atoms with E-state index in [1.54, 1.807) is 29.5 Å². The van der Waals surface area contributed by atoms with Gasteiger partial charge in [-0.1, -0.05) is 49.4 Å². The molecule has 0 aliphatic carbocycles. The maximum absolute atomic E-state index is 14.4. The van der Waals surface area contributed by atoms with Crippen LogP contribution in [-0.4, -0.2) is 37.0 Å². The van der Waals surface area contributed by atoms with E-state index >= 15 is 0 Å². The molecule has 2 aromatic heterocycles. The summed E-state index contributed by atoms with van der Waals surface area (Å²) in [5.74, 6) is -0.150. The second-order valence-electron chi connectivity index (χ2n) is 8.57. The molecule has 7 heteroatoms. The Labute approximate surface area is 208 Å². The van der Waals surface area contributed by atoms with E-state index in [2.05, 4.69) is 40.2 Å². The number of carbonyl (C=O) groups is 1. The zero-order chi connectivity index (χ0) is 24.2. The summed E-state index contributed by atoms with van der Waals surface area (Å²) in [7, 11) is 0. The number of rotatable bonds is 7. The molecule has 1 saturated heterocycles. The molecule has 3 heterocycles. The average Bonchev–Trinajstić information content (AvgIpc) is 3.57. The smallest absolute Gasteiger partial charge is 0.291 e. The van der Waals surface area contributed by atoms with Gasteiger partial charge in [-0.05, 0) is 42.3 Å². The normalized spacial score (nSPS) is 15.2. The number of halogens is 1. The van der Waals surface area contributed by atoms with Crippen molar-refractivity contribution < 1.29 is 13.6 Å². The molecule has 0 saturated carbocycles. The summed E-state index contributed by atoms with van der Waals surface area (Å²) in [6, 6.07) is 22.9. The van der Waals surface area contributed by atoms with Gasteiger partial charge in [0.2, 0.25) is 0 Å². The monoisotopic (exact) mass is 489 g/mol. The number of para-hydroxylation sites is 1. The largest absolute Gasteiger partial charge is 0.459 e. The number of amides is 1. The first-order valence-corrected chi connectivity index (χ1v) is 12.7. The van der Waals surface area contributed by atoms with Crippen LogP contribution in [-0.2, 0) is 6.42 Å². The van der Waals surface area contributed by atoms with Crippen LogP contribution in [0.15, 0.2) is 83.5 Å². The lowest BCUT2D eigenvalue weighted by atomic mass is 9.97. The molecule has 0 bridgehead atoms. The lowest BCUT2D eigenvalue weighted by Gasteiger charge is -2.40. The van der Waals surface area contributed by atoms with Crippen LogP contribution in [0, 0.1) is 5.82 Å². The van der Waals surface area contributed by atoms with E-state index < -0.39 is 0 Å². The number of hydrogen-bond donors (Lipinski definition) is 1. The maximum Gasteiger partial charge on any atom is 0.291 e. The number of nitrogens with zero attached hydrogens (tertiary/aromatic N) is 2. The van der Waals surface area contributed by atoms with Gasteiger partial charge in [0.15, 0.2) is 5.76 Å². The van der Waals surface area contributed by atoms with E-state index in [9.17, 15) is 9.18 Å². The minimum atomic E-state index is -0.253. The van der Waals surface area contributed by atoms with Crippen molar-refractivity contribution in [2.24, 2.45) is 0 Å². The molecule has 1 amide bonds. The summed E-state index contributed by atoms with van der Waals surface area (Å²) in [5, 5.41) is 3.94. The van der Waals surface area contributed by atoms with E-state index in [1.165, 1.54) is 22.8 Å². The van der Waals surface area contributed by atoms with Crippen LogP contribution >= 0.6 is 11.3 Å². The summed E-state index contributed by atoms with van der Waals surface area (Å²) in [6.45, 7) is 5.12. The first-order chi connectivity index (χ1) is 17.1. The maximum atomic E-state index is 14.4. The molecule has 5 nitrogen and oxygen atoms in total. The van der Waals surface area contributed by atoms with Gasteiger partial charge in [0, 0.05) is 36.6 Å². The van der Waals surface area contributed by atoms with Crippen molar-refractivity contribution in [3.63, 3.8) is 0 Å². The Bertz CT molecular complexity index is 1260. The third-order valence-corrected chi connectivity index (χ3v) is 7.63. The third kappa shape index (κ3) is 5.01. The van der Waals surface area contributed by atoms with Crippen LogP contribution in [0.5, 0.6) is 0 Å². The molecule has 0 radical (unpaired) electrons. The summed E-state index contributed by atoms with van der Waals surface area (Å²) in [5.41, 5.74) is 2.90. The number of piperazine rings is 1. The van der Waals surface area contributed by atoms with E-state index in [1.807, 2.05) is 30.3 Å². The van der Waals surface area contributed by atoms with Crippen LogP contribution in [0.1, 0.15) is 39.5 Å². The number of aryl methyl sites for hydroxylation is 1. The molecule has 1 aliphatic rings. The van der Waals surface area contributed by atoms with Crippen LogP contribution in [0.3, 0.4) is 0 Å². The molecule has 0 spiro atoms. The lowest BCUT2D eigenvalue weighted by Crippen LogP contribution is -2.48. The van der Waals surface area contributed by atoms with Crippen molar-refractivity contribution in [1.82, 2.24) is 4.90 Å². The highest BCUT2D eigenvalue weighted by molar-refractivity contribution is 7.16. The fraction of sp³-hybridized carbons (Fsp3) is 0.250. The van der Waals surface area contributed by atoms with Crippen LogP contribution in [0.25, 0.3) is 0 Å². The predicted molar refractivity (Wildman–Crippen MR) is 139 cm³/mol. The Balaban J connectivity index is 1.45. The Morgan fingerprint density at radius 2 is 1.77 bits per heavy atom. The van der Waals surface area contributed by atoms with Gasteiger partial charge < -0.3 is 14.6 Å². The summed E-state index contributed by atoms with van der Waals surface area (Å²) < 4.78 is 19.7. The molecule has 4 aromatic rings. The van der Waals surface area contributed by atoms with Crippen LogP contribution in [0.2, 0.25) is 0 Å². The Kier molecular flexibility index (Phi) is 6.97. The number of furan rings is 1. The fourth-order valence-electron chi connectivity index (χ4n) is 4.66. The van der Waals surface area contributed by atoms with Crippen LogP contribution in [0.4, 0.5) is 15.1 Å². The molecule has 1 aliphatic heterocycles. The lowest BCUT2D eigenvalue weighted by molar-refractivity contribution is 0.0996. The van der Waals surface area contributed by atoms with Gasteiger partial charge in [-0.3, -0.25) is 9.69 Å². The van der Waals surface area contributed by atoms with Gasteiger partial charge >= 0.3 is 0 Å². The third-order valence-electron chi connectivity index (χ3n) is 6.41. The quantitative estimate of drug-likeness (QED) is 0.335. The molecule has 2 aromatic carbocycles. The molecule has 5 rings (SSSR count). The van der Waals surface area contributed by atoms with Crippen molar-refractivity contribution in [3.8, 4) is 0 Å². The number of carbonyl (C=O) groups excluding carboxylic acids is 1. The zero-order valence-corrected chi connectivity index (χ0v) is 20.4. The highest BCUT2D eigenvalue weighted by atomic mass is 32.1. The average molecular weight is 490 g/mol. The van der Waals surface area contributed by atoms with Crippen molar-refractivity contribution in [3.05, 3.63) is 107 Å². The van der Waals surface area contributed by atoms with Crippen molar-refractivity contribution in [2.75, 3.05) is 36.4 Å². The number of thiophene rings is 1. The van der Waals surface area contributed by atoms with E-state index in [0.29, 0.717) is 5.69 Å². The number of benzene rings is 2. The molecule has 35 heavy (non-hydrogen) atoms. The van der Waals surface area contributed by atoms with Gasteiger partial charge in [-0.15, -0.1) is 11.3 Å². The topological polar surface area (TPSA) is 48.7 Å². The summed E-state index contributed by atoms with van der Waals surface area (Å²) >= 11 is 1.61. The van der Waals surface area contributed by atoms with E-state index in [0.717, 1.165) is 43.2 Å². The first kappa shape index (κ1) is 23.3. The van der Waals surface area contributed by atoms with Crippen LogP contribution < -0.4 is 10.2 Å². The summed E-state index contributed by atoms with van der Waals surface area (Å²) in [4.78, 5) is 18.6. The highest BCUT2D eigenvalue weighted by Gasteiger charge is 2.30. The SMILES string of the molecule is CCc1cc([C@@H](c2ccccc2)N2CCN(c3ccccc3F)CC2)c(NC(=O)c2ccco2)s1. The minimum Gasteiger partial charge on any atom is -0.459 e. The predicted octanol–water partition coefficient (Wildman–Crippen LogP) is 6.21. The number of anilines is 2. The molecule has 0 unspecified atom stereocenters.